The monoisotopic (exact) mass is 489 g/mol. The van der Waals surface area contributed by atoms with Crippen molar-refractivity contribution >= 4 is 27.2 Å². The molecule has 0 N–H and O–H groups in total. The Labute approximate surface area is 206 Å². The van der Waals surface area contributed by atoms with Crippen LogP contribution in [0.15, 0.2) is 90.0 Å². The third-order valence-electron chi connectivity index (χ3n) is 5.99. The highest BCUT2D eigenvalue weighted by Crippen LogP contribution is 2.33. The lowest BCUT2D eigenvalue weighted by Crippen LogP contribution is -2.27. The summed E-state index contributed by atoms with van der Waals surface area (Å²) in [6.45, 7) is 6.32. The van der Waals surface area contributed by atoms with Gasteiger partial charge in [0.25, 0.3) is 5.91 Å². The molecule has 2 heterocycles. The van der Waals surface area contributed by atoms with Crippen LogP contribution in [0.25, 0.3) is 5.57 Å². The molecular weight excluding hydrogens is 462 g/mol. The van der Waals surface area contributed by atoms with Crippen molar-refractivity contribution in [2.75, 3.05) is 19.1 Å². The Balaban J connectivity index is 1.61. The van der Waals surface area contributed by atoms with Crippen LogP contribution in [0.2, 0.25) is 0 Å². The summed E-state index contributed by atoms with van der Waals surface area (Å²) in [5.74, 6) is -0.181. The minimum absolute atomic E-state index is 0.0121. The Morgan fingerprint density at radius 2 is 1.69 bits per heavy atom. The van der Waals surface area contributed by atoms with E-state index in [0.29, 0.717) is 16.7 Å². The van der Waals surface area contributed by atoms with Crippen LogP contribution < -0.4 is 9.64 Å². The zero-order valence-corrected chi connectivity index (χ0v) is 20.7. The Kier molecular flexibility index (Phi) is 6.86. The van der Waals surface area contributed by atoms with Gasteiger partial charge in [-0.2, -0.15) is 4.31 Å². The summed E-state index contributed by atoms with van der Waals surface area (Å²) in [6, 6.07) is 18.5. The summed E-state index contributed by atoms with van der Waals surface area (Å²) in [5.41, 5.74) is 4.12. The number of sulfonamides is 1. The van der Waals surface area contributed by atoms with Gasteiger partial charge in [0.05, 0.1) is 7.11 Å². The van der Waals surface area contributed by atoms with E-state index in [1.165, 1.54) is 23.7 Å². The molecule has 1 amide bonds. The number of carbonyl (C=O) groups is 1. The topological polar surface area (TPSA) is 79.8 Å². The maximum Gasteiger partial charge on any atom is 0.253 e. The normalized spacial score (nSPS) is 13.9. The predicted molar refractivity (Wildman–Crippen MR) is 136 cm³/mol. The molecule has 180 valence electrons. The fraction of sp³-hybridized carbons (Fsp3) is 0.185. The van der Waals surface area contributed by atoms with Crippen molar-refractivity contribution in [3.05, 3.63) is 102 Å². The number of hydrogen-bond donors (Lipinski definition) is 0. The van der Waals surface area contributed by atoms with Gasteiger partial charge in [-0.3, -0.25) is 4.79 Å². The zero-order valence-electron chi connectivity index (χ0n) is 19.9. The van der Waals surface area contributed by atoms with Gasteiger partial charge in [0, 0.05) is 43.2 Å². The van der Waals surface area contributed by atoms with Gasteiger partial charge in [0.15, 0.2) is 0 Å². The van der Waals surface area contributed by atoms with Crippen LogP contribution in [0.4, 0.5) is 5.69 Å². The van der Waals surface area contributed by atoms with Gasteiger partial charge in [-0.15, -0.1) is 0 Å². The van der Waals surface area contributed by atoms with Crippen LogP contribution in [0.5, 0.6) is 5.88 Å². The van der Waals surface area contributed by atoms with Crippen LogP contribution in [0, 0.1) is 0 Å². The molecule has 0 saturated carbocycles. The quantitative estimate of drug-likeness (QED) is 0.363. The van der Waals surface area contributed by atoms with Gasteiger partial charge in [-0.1, -0.05) is 49.0 Å². The van der Waals surface area contributed by atoms with Gasteiger partial charge in [-0.05, 0) is 47.9 Å². The fourth-order valence-electron chi connectivity index (χ4n) is 4.00. The second-order valence-electron chi connectivity index (χ2n) is 8.33. The zero-order chi connectivity index (χ0) is 25.2. The lowest BCUT2D eigenvalue weighted by molar-refractivity contribution is -0.114. The first-order valence-corrected chi connectivity index (χ1v) is 12.5. The number of likely N-dealkylation sites (N-methyl/N-ethyl adjacent to an activating group) is 1. The van der Waals surface area contributed by atoms with Crippen LogP contribution in [-0.4, -0.2) is 37.8 Å². The Morgan fingerprint density at radius 3 is 2.29 bits per heavy atom. The van der Waals surface area contributed by atoms with Crippen molar-refractivity contribution in [2.24, 2.45) is 0 Å². The number of rotatable bonds is 7. The maximum atomic E-state index is 13.5. The fourth-order valence-corrected chi connectivity index (χ4v) is 5.53. The SMILES string of the molecule is C=C(C=C(C)C(=O)N(C)c1ccccc1)c1cnc(OC)c(S(=O)(=O)N2Cc3ccccc3C2)c1. The van der Waals surface area contributed by atoms with Gasteiger partial charge in [0.1, 0.15) is 4.90 Å². The van der Waals surface area contributed by atoms with E-state index in [1.54, 1.807) is 24.9 Å². The van der Waals surface area contributed by atoms with E-state index in [-0.39, 0.29) is 29.8 Å². The van der Waals surface area contributed by atoms with Crippen molar-refractivity contribution in [1.29, 1.82) is 0 Å². The minimum Gasteiger partial charge on any atom is -0.480 e. The number of para-hydroxylation sites is 1. The van der Waals surface area contributed by atoms with Crippen molar-refractivity contribution in [2.45, 2.75) is 24.9 Å². The molecular formula is C27H27N3O4S. The molecule has 4 rings (SSSR count). The number of methoxy groups -OCH3 is 1. The van der Waals surface area contributed by atoms with E-state index in [4.69, 9.17) is 4.74 Å². The van der Waals surface area contributed by atoms with Gasteiger partial charge in [0.2, 0.25) is 15.9 Å². The first kappa shape index (κ1) is 24.4. The van der Waals surface area contributed by atoms with Crippen LogP contribution in [-0.2, 0) is 27.9 Å². The molecule has 35 heavy (non-hydrogen) atoms. The molecule has 0 fully saturated rings. The lowest BCUT2D eigenvalue weighted by atomic mass is 10.1. The molecule has 1 aliphatic heterocycles. The number of pyridine rings is 1. The van der Waals surface area contributed by atoms with E-state index in [1.807, 2.05) is 54.6 Å². The highest BCUT2D eigenvalue weighted by atomic mass is 32.2. The molecule has 0 spiro atoms. The Hall–Kier alpha value is -3.75. The van der Waals surface area contributed by atoms with E-state index in [0.717, 1.165) is 16.8 Å². The van der Waals surface area contributed by atoms with E-state index >= 15 is 0 Å². The molecule has 0 aliphatic carbocycles. The molecule has 0 unspecified atom stereocenters. The molecule has 1 aromatic heterocycles. The van der Waals surface area contributed by atoms with Crippen molar-refractivity contribution in [3.63, 3.8) is 0 Å². The first-order valence-electron chi connectivity index (χ1n) is 11.0. The summed E-state index contributed by atoms with van der Waals surface area (Å²) >= 11 is 0. The van der Waals surface area contributed by atoms with E-state index in [9.17, 15) is 13.2 Å². The van der Waals surface area contributed by atoms with Crippen molar-refractivity contribution < 1.29 is 17.9 Å². The molecule has 3 aromatic rings. The highest BCUT2D eigenvalue weighted by Gasteiger charge is 2.33. The number of carbonyl (C=O) groups excluding carboxylic acids is 1. The molecule has 8 heteroatoms. The van der Waals surface area contributed by atoms with Crippen LogP contribution >= 0.6 is 0 Å². The Bertz CT molecular complexity index is 1390. The first-order chi connectivity index (χ1) is 16.7. The van der Waals surface area contributed by atoms with Crippen molar-refractivity contribution in [1.82, 2.24) is 9.29 Å². The average Bonchev–Trinajstić information content (AvgIpc) is 3.33. The number of amides is 1. The molecule has 2 aromatic carbocycles. The van der Waals surface area contributed by atoms with Gasteiger partial charge < -0.3 is 9.64 Å². The molecule has 0 radical (unpaired) electrons. The van der Waals surface area contributed by atoms with Crippen LogP contribution in [0.1, 0.15) is 23.6 Å². The van der Waals surface area contributed by atoms with Gasteiger partial charge in [-0.25, -0.2) is 13.4 Å². The third kappa shape index (κ3) is 4.89. The average molecular weight is 490 g/mol. The number of hydrogen-bond acceptors (Lipinski definition) is 5. The maximum absolute atomic E-state index is 13.5. The lowest BCUT2D eigenvalue weighted by Gasteiger charge is -2.19. The predicted octanol–water partition coefficient (Wildman–Crippen LogP) is 4.42. The second-order valence-corrected chi connectivity index (χ2v) is 10.2. The molecule has 1 aliphatic rings. The summed E-state index contributed by atoms with van der Waals surface area (Å²) in [6.07, 6.45) is 3.13. The van der Waals surface area contributed by atoms with E-state index < -0.39 is 10.0 Å². The largest absolute Gasteiger partial charge is 0.480 e. The number of allylic oxidation sites excluding steroid dienone is 2. The smallest absolute Gasteiger partial charge is 0.253 e. The molecule has 0 atom stereocenters. The van der Waals surface area contributed by atoms with Gasteiger partial charge >= 0.3 is 0 Å². The number of benzene rings is 2. The summed E-state index contributed by atoms with van der Waals surface area (Å²) < 4.78 is 33.8. The summed E-state index contributed by atoms with van der Waals surface area (Å²) in [5, 5.41) is 0. The van der Waals surface area contributed by atoms with Crippen molar-refractivity contribution in [3.8, 4) is 5.88 Å². The number of nitrogens with zero attached hydrogens (tertiary/aromatic N) is 3. The minimum atomic E-state index is -3.89. The number of ether oxygens (including phenoxy) is 1. The molecule has 0 bridgehead atoms. The number of anilines is 1. The summed E-state index contributed by atoms with van der Waals surface area (Å²) in [4.78, 5) is 18.6. The third-order valence-corrected chi connectivity index (χ3v) is 7.77. The summed E-state index contributed by atoms with van der Waals surface area (Å²) in [7, 11) is -0.805. The van der Waals surface area contributed by atoms with E-state index in [2.05, 4.69) is 11.6 Å². The highest BCUT2D eigenvalue weighted by molar-refractivity contribution is 7.89. The molecule has 7 nitrogen and oxygen atoms in total. The van der Waals surface area contributed by atoms with Crippen LogP contribution in [0.3, 0.4) is 0 Å². The Morgan fingerprint density at radius 1 is 1.09 bits per heavy atom. The second kappa shape index (κ2) is 9.85. The molecule has 0 saturated heterocycles. The number of aromatic nitrogens is 1. The number of fused-ring (bicyclic) bond motifs is 1. The standard InChI is InChI=1S/C27H27N3O4S/c1-19(14-20(2)27(31)29(3)24-12-6-5-7-13-24)23-15-25(26(34-4)28-16-23)35(32,33)30-17-21-10-8-9-11-22(21)18-30/h5-16H,1,17-18H2,2-4H3.